The van der Waals surface area contributed by atoms with Crippen molar-refractivity contribution in [2.24, 2.45) is 7.05 Å². The summed E-state index contributed by atoms with van der Waals surface area (Å²) in [5, 5.41) is 13.0. The largest absolute Gasteiger partial charge is 0.292 e. The third kappa shape index (κ3) is 2.12. The molecule has 0 N–H and O–H groups in total. The topological polar surface area (TPSA) is 46.8 Å². The standard InChI is InChI=1S/C8H14BrN5/c1-13-11-8(10-12-13)6-14-4-2-3-7(14)5-9/h7H,2-6H2,1H3. The van der Waals surface area contributed by atoms with Crippen LogP contribution in [-0.4, -0.2) is 43.0 Å². The number of aromatic nitrogens is 4. The van der Waals surface area contributed by atoms with E-state index in [9.17, 15) is 0 Å². The second kappa shape index (κ2) is 4.35. The van der Waals surface area contributed by atoms with Gasteiger partial charge in [-0.25, -0.2) is 0 Å². The zero-order chi connectivity index (χ0) is 9.97. The van der Waals surface area contributed by atoms with Crippen LogP contribution >= 0.6 is 15.9 Å². The van der Waals surface area contributed by atoms with Crippen molar-refractivity contribution in [2.75, 3.05) is 11.9 Å². The van der Waals surface area contributed by atoms with Gasteiger partial charge in [0.05, 0.1) is 13.6 Å². The summed E-state index contributed by atoms with van der Waals surface area (Å²) in [6.07, 6.45) is 2.54. The zero-order valence-corrected chi connectivity index (χ0v) is 9.81. The predicted octanol–water partition coefficient (Wildman–Crippen LogP) is 0.569. The van der Waals surface area contributed by atoms with E-state index < -0.39 is 0 Å². The lowest BCUT2D eigenvalue weighted by molar-refractivity contribution is 0.258. The monoisotopic (exact) mass is 259 g/mol. The second-order valence-electron chi connectivity index (χ2n) is 3.62. The Balaban J connectivity index is 1.96. The highest BCUT2D eigenvalue weighted by Gasteiger charge is 2.24. The quantitative estimate of drug-likeness (QED) is 0.745. The molecule has 0 saturated carbocycles. The van der Waals surface area contributed by atoms with Crippen molar-refractivity contribution in [3.63, 3.8) is 0 Å². The molecule has 0 radical (unpaired) electrons. The third-order valence-corrected chi connectivity index (χ3v) is 3.32. The van der Waals surface area contributed by atoms with Gasteiger partial charge in [0.15, 0.2) is 5.82 Å². The molecule has 5 nitrogen and oxygen atoms in total. The van der Waals surface area contributed by atoms with Gasteiger partial charge in [-0.2, -0.15) is 4.80 Å². The molecule has 1 unspecified atom stereocenters. The molecule has 1 aliphatic heterocycles. The minimum absolute atomic E-state index is 0.638. The van der Waals surface area contributed by atoms with Crippen LogP contribution < -0.4 is 0 Å². The first-order chi connectivity index (χ1) is 6.79. The molecule has 0 spiro atoms. The summed E-state index contributed by atoms with van der Waals surface area (Å²) in [6, 6.07) is 0.638. The molecule has 0 bridgehead atoms. The number of hydrogen-bond donors (Lipinski definition) is 0. The molecule has 1 atom stereocenters. The van der Waals surface area contributed by atoms with Crippen LogP contribution in [0.25, 0.3) is 0 Å². The molecule has 2 heterocycles. The Labute approximate surface area is 91.6 Å². The van der Waals surface area contributed by atoms with Gasteiger partial charge in [0.1, 0.15) is 0 Å². The van der Waals surface area contributed by atoms with Crippen LogP contribution in [0.4, 0.5) is 0 Å². The lowest BCUT2D eigenvalue weighted by atomic mass is 10.2. The molecule has 1 saturated heterocycles. The van der Waals surface area contributed by atoms with Gasteiger partial charge in [-0.3, -0.25) is 4.90 Å². The summed E-state index contributed by atoms with van der Waals surface area (Å²) in [6.45, 7) is 1.97. The van der Waals surface area contributed by atoms with Gasteiger partial charge >= 0.3 is 0 Å². The molecule has 0 aliphatic carbocycles. The van der Waals surface area contributed by atoms with Crippen molar-refractivity contribution < 1.29 is 0 Å². The van der Waals surface area contributed by atoms with Crippen LogP contribution in [0.2, 0.25) is 0 Å². The molecule has 78 valence electrons. The molecule has 1 fully saturated rings. The van der Waals surface area contributed by atoms with E-state index in [4.69, 9.17) is 0 Å². The van der Waals surface area contributed by atoms with E-state index in [0.717, 1.165) is 24.2 Å². The van der Waals surface area contributed by atoms with Gasteiger partial charge in [0.2, 0.25) is 0 Å². The summed E-state index contributed by atoms with van der Waals surface area (Å²) in [5.41, 5.74) is 0. The summed E-state index contributed by atoms with van der Waals surface area (Å²) < 4.78 is 0. The first-order valence-corrected chi connectivity index (χ1v) is 5.94. The molecule has 1 aromatic rings. The van der Waals surface area contributed by atoms with Gasteiger partial charge < -0.3 is 0 Å². The Morgan fingerprint density at radius 2 is 2.43 bits per heavy atom. The SMILES string of the molecule is Cn1nnc(CN2CCCC2CBr)n1. The maximum atomic E-state index is 4.18. The van der Waals surface area contributed by atoms with Crippen molar-refractivity contribution in [3.8, 4) is 0 Å². The third-order valence-electron chi connectivity index (χ3n) is 2.57. The first-order valence-electron chi connectivity index (χ1n) is 4.82. The fourth-order valence-electron chi connectivity index (χ4n) is 1.85. The Hall–Kier alpha value is -0.490. The molecule has 1 aromatic heterocycles. The first kappa shape index (κ1) is 10.0. The van der Waals surface area contributed by atoms with Gasteiger partial charge in [-0.05, 0) is 24.6 Å². The van der Waals surface area contributed by atoms with E-state index in [1.807, 2.05) is 0 Å². The molecular formula is C8H14BrN5. The van der Waals surface area contributed by atoms with Gasteiger partial charge in [0.25, 0.3) is 0 Å². The van der Waals surface area contributed by atoms with Crippen molar-refractivity contribution in [1.29, 1.82) is 0 Å². The van der Waals surface area contributed by atoms with Gasteiger partial charge in [0, 0.05) is 11.4 Å². The highest BCUT2D eigenvalue weighted by molar-refractivity contribution is 9.09. The molecule has 6 heteroatoms. The molecule has 14 heavy (non-hydrogen) atoms. The molecule has 0 amide bonds. The average molecular weight is 260 g/mol. The maximum absolute atomic E-state index is 4.18. The molecule has 1 aliphatic rings. The van der Waals surface area contributed by atoms with E-state index in [-0.39, 0.29) is 0 Å². The van der Waals surface area contributed by atoms with E-state index in [1.165, 1.54) is 17.6 Å². The lowest BCUT2D eigenvalue weighted by Crippen LogP contribution is -2.30. The van der Waals surface area contributed by atoms with Crippen molar-refractivity contribution in [1.82, 2.24) is 25.1 Å². The van der Waals surface area contributed by atoms with E-state index in [1.54, 1.807) is 7.05 Å². The number of nitrogens with zero attached hydrogens (tertiary/aromatic N) is 5. The molecule has 0 aromatic carbocycles. The highest BCUT2D eigenvalue weighted by Crippen LogP contribution is 2.20. The molecule has 2 rings (SSSR count). The fraction of sp³-hybridized carbons (Fsp3) is 0.875. The Bertz CT molecular complexity index is 300. The lowest BCUT2D eigenvalue weighted by Gasteiger charge is -2.20. The average Bonchev–Trinajstić information content (AvgIpc) is 2.76. The van der Waals surface area contributed by atoms with Crippen molar-refractivity contribution in [2.45, 2.75) is 25.4 Å². The number of aryl methyl sites for hydroxylation is 1. The van der Waals surface area contributed by atoms with Crippen LogP contribution in [-0.2, 0) is 13.6 Å². The number of halogens is 1. The Kier molecular flexibility index (Phi) is 3.12. The van der Waals surface area contributed by atoms with E-state index in [2.05, 4.69) is 36.2 Å². The zero-order valence-electron chi connectivity index (χ0n) is 8.23. The highest BCUT2D eigenvalue weighted by atomic mass is 79.9. The number of hydrogen-bond acceptors (Lipinski definition) is 4. The van der Waals surface area contributed by atoms with Crippen LogP contribution in [0, 0.1) is 0 Å². The van der Waals surface area contributed by atoms with Crippen molar-refractivity contribution >= 4 is 15.9 Å². The van der Waals surface area contributed by atoms with Crippen molar-refractivity contribution in [3.05, 3.63) is 5.82 Å². The number of alkyl halides is 1. The maximum Gasteiger partial charge on any atom is 0.188 e. The summed E-state index contributed by atoms with van der Waals surface area (Å²) >= 11 is 3.53. The van der Waals surface area contributed by atoms with Gasteiger partial charge in [-0.1, -0.05) is 15.9 Å². The van der Waals surface area contributed by atoms with Crippen LogP contribution in [0.5, 0.6) is 0 Å². The minimum atomic E-state index is 0.638. The number of likely N-dealkylation sites (tertiary alicyclic amines) is 1. The summed E-state index contributed by atoms with van der Waals surface area (Å²) in [5.74, 6) is 0.820. The fourth-order valence-corrected chi connectivity index (χ4v) is 2.58. The Morgan fingerprint density at radius 1 is 1.57 bits per heavy atom. The van der Waals surface area contributed by atoms with E-state index in [0.29, 0.717) is 6.04 Å². The smallest absolute Gasteiger partial charge is 0.188 e. The summed E-state index contributed by atoms with van der Waals surface area (Å²) in [7, 11) is 1.79. The van der Waals surface area contributed by atoms with Crippen LogP contribution in [0.3, 0.4) is 0 Å². The Morgan fingerprint density at radius 3 is 3.07 bits per heavy atom. The van der Waals surface area contributed by atoms with E-state index >= 15 is 0 Å². The van der Waals surface area contributed by atoms with Gasteiger partial charge in [-0.15, -0.1) is 10.2 Å². The number of rotatable bonds is 3. The van der Waals surface area contributed by atoms with Crippen LogP contribution in [0.1, 0.15) is 18.7 Å². The predicted molar refractivity (Wildman–Crippen MR) is 56.0 cm³/mol. The molecular weight excluding hydrogens is 246 g/mol. The second-order valence-corrected chi connectivity index (χ2v) is 4.26. The number of tetrazole rings is 1. The van der Waals surface area contributed by atoms with Crippen LogP contribution in [0.15, 0.2) is 0 Å². The normalized spacial score (nSPS) is 23.1. The minimum Gasteiger partial charge on any atom is -0.292 e. The summed E-state index contributed by atoms with van der Waals surface area (Å²) in [4.78, 5) is 3.92.